The van der Waals surface area contributed by atoms with Crippen molar-refractivity contribution in [3.8, 4) is 0 Å². The summed E-state index contributed by atoms with van der Waals surface area (Å²) in [4.78, 5) is 10.7. The molecule has 0 atom stereocenters. The van der Waals surface area contributed by atoms with Crippen LogP contribution in [0.15, 0.2) is 12.1 Å². The molecule has 5 heteroatoms. The van der Waals surface area contributed by atoms with Gasteiger partial charge in [0.1, 0.15) is 0 Å². The largest absolute Gasteiger partial charge is 0.392 e. The summed E-state index contributed by atoms with van der Waals surface area (Å²) in [7, 11) is 0. The number of aliphatic hydroxyl groups excluding tert-OH is 1. The van der Waals surface area contributed by atoms with Gasteiger partial charge in [0, 0.05) is 21.2 Å². The fraction of sp³-hybridized carbons (Fsp3) is 0.125. The molecule has 1 rings (SSSR count). The standard InChI is InChI=1S/C8H7Cl2NO2/c9-6-1-4(8(11)13)2-7(10)5(6)3-12/h1-2,12H,3H2,(H2,11,13). The van der Waals surface area contributed by atoms with E-state index in [0.717, 1.165) is 0 Å². The lowest BCUT2D eigenvalue weighted by molar-refractivity contribution is 0.1000. The molecule has 0 saturated carbocycles. The van der Waals surface area contributed by atoms with Crippen molar-refractivity contribution in [3.05, 3.63) is 33.3 Å². The molecule has 0 fully saturated rings. The third kappa shape index (κ3) is 2.12. The highest BCUT2D eigenvalue weighted by atomic mass is 35.5. The molecule has 13 heavy (non-hydrogen) atoms. The number of benzene rings is 1. The van der Waals surface area contributed by atoms with Crippen LogP contribution in [0.5, 0.6) is 0 Å². The molecule has 1 aromatic rings. The summed E-state index contributed by atoms with van der Waals surface area (Å²) in [5, 5.41) is 9.32. The van der Waals surface area contributed by atoms with Gasteiger partial charge in [0.15, 0.2) is 0 Å². The summed E-state index contributed by atoms with van der Waals surface area (Å²) in [6, 6.07) is 2.75. The highest BCUT2D eigenvalue weighted by Crippen LogP contribution is 2.26. The summed E-state index contributed by atoms with van der Waals surface area (Å²) < 4.78 is 0. The number of carbonyl (C=O) groups excluding carboxylic acids is 1. The summed E-state index contributed by atoms with van der Waals surface area (Å²) >= 11 is 11.5. The van der Waals surface area contributed by atoms with Crippen LogP contribution in [-0.4, -0.2) is 11.0 Å². The Balaban J connectivity index is 3.28. The van der Waals surface area contributed by atoms with Crippen molar-refractivity contribution in [2.24, 2.45) is 5.73 Å². The Morgan fingerprint density at radius 2 is 1.85 bits per heavy atom. The third-order valence-electron chi connectivity index (χ3n) is 1.58. The summed E-state index contributed by atoms with van der Waals surface area (Å²) in [5.41, 5.74) is 5.65. The molecule has 0 saturated heterocycles. The van der Waals surface area contributed by atoms with Crippen LogP contribution in [0.25, 0.3) is 0 Å². The summed E-state index contributed by atoms with van der Waals surface area (Å²) in [5.74, 6) is -0.603. The summed E-state index contributed by atoms with van der Waals surface area (Å²) in [6.07, 6.45) is 0. The molecule has 70 valence electrons. The van der Waals surface area contributed by atoms with Crippen molar-refractivity contribution in [1.29, 1.82) is 0 Å². The van der Waals surface area contributed by atoms with E-state index in [-0.39, 0.29) is 22.2 Å². The number of carbonyl (C=O) groups is 1. The molecule has 1 amide bonds. The lowest BCUT2D eigenvalue weighted by atomic mass is 10.1. The van der Waals surface area contributed by atoms with Gasteiger partial charge in [-0.2, -0.15) is 0 Å². The van der Waals surface area contributed by atoms with E-state index in [1.165, 1.54) is 12.1 Å². The Kier molecular flexibility index (Phi) is 3.14. The van der Waals surface area contributed by atoms with Crippen LogP contribution >= 0.6 is 23.2 Å². The minimum Gasteiger partial charge on any atom is -0.392 e. The molecule has 0 bridgehead atoms. The first-order valence-corrected chi connectivity index (χ1v) is 4.20. The number of hydrogen-bond acceptors (Lipinski definition) is 2. The maximum Gasteiger partial charge on any atom is 0.248 e. The molecule has 0 aliphatic carbocycles. The number of primary amides is 1. The first-order chi connectivity index (χ1) is 6.06. The Hall–Kier alpha value is -0.770. The van der Waals surface area contributed by atoms with E-state index in [1.54, 1.807) is 0 Å². The molecule has 0 heterocycles. The first kappa shape index (κ1) is 10.3. The highest BCUT2D eigenvalue weighted by molar-refractivity contribution is 6.36. The molecule has 3 N–H and O–H groups in total. The van der Waals surface area contributed by atoms with Crippen molar-refractivity contribution in [1.82, 2.24) is 0 Å². The zero-order valence-corrected chi connectivity index (χ0v) is 8.06. The van der Waals surface area contributed by atoms with Crippen molar-refractivity contribution >= 4 is 29.1 Å². The molecular weight excluding hydrogens is 213 g/mol. The van der Waals surface area contributed by atoms with Crippen molar-refractivity contribution < 1.29 is 9.90 Å². The van der Waals surface area contributed by atoms with Crippen molar-refractivity contribution in [3.63, 3.8) is 0 Å². The second kappa shape index (κ2) is 3.96. The van der Waals surface area contributed by atoms with Crippen LogP contribution in [0.1, 0.15) is 15.9 Å². The molecule has 0 aliphatic heterocycles. The number of aliphatic hydroxyl groups is 1. The highest BCUT2D eigenvalue weighted by Gasteiger charge is 2.09. The average molecular weight is 220 g/mol. The van der Waals surface area contributed by atoms with Crippen molar-refractivity contribution in [2.75, 3.05) is 0 Å². The quantitative estimate of drug-likeness (QED) is 0.794. The molecule has 0 unspecified atom stereocenters. The molecule has 3 nitrogen and oxygen atoms in total. The number of amides is 1. The SMILES string of the molecule is NC(=O)c1cc(Cl)c(CO)c(Cl)c1. The fourth-order valence-electron chi connectivity index (χ4n) is 0.896. The van der Waals surface area contributed by atoms with Gasteiger partial charge in [-0.25, -0.2) is 0 Å². The van der Waals surface area contributed by atoms with Gasteiger partial charge in [-0.1, -0.05) is 23.2 Å². The predicted molar refractivity (Wildman–Crippen MR) is 50.9 cm³/mol. The lowest BCUT2D eigenvalue weighted by Gasteiger charge is -2.05. The monoisotopic (exact) mass is 219 g/mol. The van der Waals surface area contributed by atoms with E-state index in [9.17, 15) is 4.79 Å². The van der Waals surface area contributed by atoms with E-state index < -0.39 is 5.91 Å². The number of hydrogen-bond donors (Lipinski definition) is 2. The Morgan fingerprint density at radius 3 is 2.15 bits per heavy atom. The zero-order valence-electron chi connectivity index (χ0n) is 6.55. The van der Waals surface area contributed by atoms with E-state index in [1.807, 2.05) is 0 Å². The van der Waals surface area contributed by atoms with Crippen LogP contribution in [0.2, 0.25) is 10.0 Å². The van der Waals surface area contributed by atoms with Gasteiger partial charge < -0.3 is 10.8 Å². The molecule has 0 radical (unpaired) electrons. The van der Waals surface area contributed by atoms with Crippen LogP contribution in [0.4, 0.5) is 0 Å². The van der Waals surface area contributed by atoms with Gasteiger partial charge in [-0.3, -0.25) is 4.79 Å². The average Bonchev–Trinajstić information content (AvgIpc) is 2.03. The number of halogens is 2. The first-order valence-electron chi connectivity index (χ1n) is 3.45. The number of nitrogens with two attached hydrogens (primary N) is 1. The van der Waals surface area contributed by atoms with Gasteiger partial charge in [0.25, 0.3) is 0 Å². The van der Waals surface area contributed by atoms with E-state index in [4.69, 9.17) is 34.0 Å². The lowest BCUT2D eigenvalue weighted by Crippen LogP contribution is -2.11. The molecular formula is C8H7Cl2NO2. The van der Waals surface area contributed by atoms with Gasteiger partial charge in [-0.15, -0.1) is 0 Å². The minimum atomic E-state index is -0.603. The fourth-order valence-corrected chi connectivity index (χ4v) is 1.50. The third-order valence-corrected chi connectivity index (χ3v) is 2.26. The molecule has 1 aromatic carbocycles. The van der Waals surface area contributed by atoms with Crippen LogP contribution < -0.4 is 5.73 Å². The van der Waals surface area contributed by atoms with Gasteiger partial charge in [0.05, 0.1) is 6.61 Å². The summed E-state index contributed by atoms with van der Waals surface area (Å²) in [6.45, 7) is -0.267. The van der Waals surface area contributed by atoms with Crippen LogP contribution in [-0.2, 0) is 6.61 Å². The van der Waals surface area contributed by atoms with E-state index in [2.05, 4.69) is 0 Å². The van der Waals surface area contributed by atoms with Crippen molar-refractivity contribution in [2.45, 2.75) is 6.61 Å². The van der Waals surface area contributed by atoms with Crippen LogP contribution in [0.3, 0.4) is 0 Å². The predicted octanol–water partition coefficient (Wildman–Crippen LogP) is 1.58. The Bertz CT molecular complexity index is 329. The molecule has 0 spiro atoms. The maximum atomic E-state index is 10.7. The normalized spacial score (nSPS) is 10.1. The minimum absolute atomic E-state index is 0.229. The second-order valence-electron chi connectivity index (χ2n) is 2.44. The zero-order chi connectivity index (χ0) is 10.0. The second-order valence-corrected chi connectivity index (χ2v) is 3.26. The van der Waals surface area contributed by atoms with E-state index in [0.29, 0.717) is 5.56 Å². The smallest absolute Gasteiger partial charge is 0.248 e. The maximum absolute atomic E-state index is 10.7. The number of rotatable bonds is 2. The Labute approximate surface area is 85.1 Å². The van der Waals surface area contributed by atoms with Gasteiger partial charge >= 0.3 is 0 Å². The van der Waals surface area contributed by atoms with Gasteiger partial charge in [-0.05, 0) is 12.1 Å². The van der Waals surface area contributed by atoms with Gasteiger partial charge in [0.2, 0.25) is 5.91 Å². The topological polar surface area (TPSA) is 63.3 Å². The Morgan fingerprint density at radius 1 is 1.38 bits per heavy atom. The molecule has 0 aromatic heterocycles. The molecule has 0 aliphatic rings. The van der Waals surface area contributed by atoms with E-state index >= 15 is 0 Å². The van der Waals surface area contributed by atoms with Crippen LogP contribution in [0, 0.1) is 0 Å².